The van der Waals surface area contributed by atoms with Gasteiger partial charge in [0.25, 0.3) is 0 Å². The minimum Gasteiger partial charge on any atom is -0.497 e. The number of benzene rings is 3. The van der Waals surface area contributed by atoms with Crippen LogP contribution in [0.15, 0.2) is 66.7 Å². The second kappa shape index (κ2) is 8.94. The third-order valence-electron chi connectivity index (χ3n) is 5.06. The van der Waals surface area contributed by atoms with Crippen molar-refractivity contribution < 1.29 is 14.3 Å². The Balaban J connectivity index is 1.34. The molecule has 0 aliphatic heterocycles. The van der Waals surface area contributed by atoms with Crippen molar-refractivity contribution in [2.75, 3.05) is 20.3 Å². The molecule has 0 unspecified atom stereocenters. The molecule has 1 aliphatic rings. The van der Waals surface area contributed by atoms with Crippen molar-refractivity contribution in [2.24, 2.45) is 0 Å². The summed E-state index contributed by atoms with van der Waals surface area (Å²) in [7, 11) is 1.58. The van der Waals surface area contributed by atoms with Crippen LogP contribution in [-0.2, 0) is 4.74 Å². The van der Waals surface area contributed by atoms with Gasteiger partial charge in [0.2, 0.25) is 0 Å². The predicted octanol–water partition coefficient (Wildman–Crippen LogP) is 5.24. The quantitative estimate of drug-likeness (QED) is 0.590. The molecular formula is C25H20ClNO3. The number of ether oxygens (including phenoxy) is 2. The van der Waals surface area contributed by atoms with Gasteiger partial charge in [-0.1, -0.05) is 72.0 Å². The van der Waals surface area contributed by atoms with E-state index in [9.17, 15) is 4.79 Å². The Labute approximate surface area is 180 Å². The average molecular weight is 418 g/mol. The second-order valence-electron chi connectivity index (χ2n) is 6.83. The largest absolute Gasteiger partial charge is 0.497 e. The van der Waals surface area contributed by atoms with Gasteiger partial charge >= 0.3 is 6.09 Å². The van der Waals surface area contributed by atoms with Crippen molar-refractivity contribution >= 4 is 17.7 Å². The predicted molar refractivity (Wildman–Crippen MR) is 118 cm³/mol. The molecular weight excluding hydrogens is 398 g/mol. The third kappa shape index (κ3) is 4.12. The molecule has 5 heteroatoms. The Hall–Kier alpha value is -3.42. The molecule has 0 radical (unpaired) electrons. The van der Waals surface area contributed by atoms with Crippen molar-refractivity contribution in [2.45, 2.75) is 5.92 Å². The fourth-order valence-electron chi connectivity index (χ4n) is 3.63. The van der Waals surface area contributed by atoms with Crippen LogP contribution in [0.25, 0.3) is 11.1 Å². The summed E-state index contributed by atoms with van der Waals surface area (Å²) in [6.45, 7) is 0.441. The van der Waals surface area contributed by atoms with Gasteiger partial charge in [0, 0.05) is 11.5 Å². The van der Waals surface area contributed by atoms with Crippen LogP contribution in [0.4, 0.5) is 4.79 Å². The number of fused-ring (bicyclic) bond motifs is 3. The van der Waals surface area contributed by atoms with Crippen LogP contribution < -0.4 is 10.1 Å². The van der Waals surface area contributed by atoms with Crippen molar-refractivity contribution in [3.05, 3.63) is 88.4 Å². The van der Waals surface area contributed by atoms with Crippen LogP contribution in [0.1, 0.15) is 22.6 Å². The highest BCUT2D eigenvalue weighted by Crippen LogP contribution is 2.44. The minimum absolute atomic E-state index is 0.0346. The normalized spacial score (nSPS) is 11.7. The molecule has 1 N–H and O–H groups in total. The zero-order valence-electron chi connectivity index (χ0n) is 16.4. The fourth-order valence-corrected chi connectivity index (χ4v) is 3.85. The van der Waals surface area contributed by atoms with Crippen molar-refractivity contribution in [3.8, 4) is 28.7 Å². The number of halogens is 1. The van der Waals surface area contributed by atoms with Gasteiger partial charge in [-0.15, -0.1) is 0 Å². The molecule has 0 fully saturated rings. The summed E-state index contributed by atoms with van der Waals surface area (Å²) in [5.41, 5.74) is 5.43. The number of carbonyl (C=O) groups is 1. The van der Waals surface area contributed by atoms with Gasteiger partial charge in [0.05, 0.1) is 18.7 Å². The Kier molecular flexibility index (Phi) is 5.92. The first kappa shape index (κ1) is 19.9. The van der Waals surface area contributed by atoms with Crippen LogP contribution in [0, 0.1) is 11.8 Å². The number of hydrogen-bond acceptors (Lipinski definition) is 3. The number of carbonyl (C=O) groups excluding carboxylic acids is 1. The monoisotopic (exact) mass is 417 g/mol. The maximum atomic E-state index is 12.1. The zero-order chi connectivity index (χ0) is 20.9. The molecule has 0 saturated carbocycles. The maximum Gasteiger partial charge on any atom is 0.407 e. The van der Waals surface area contributed by atoms with Crippen molar-refractivity contribution in [1.29, 1.82) is 0 Å². The van der Waals surface area contributed by atoms with Crippen molar-refractivity contribution in [1.82, 2.24) is 5.32 Å². The van der Waals surface area contributed by atoms with Gasteiger partial charge in [-0.05, 0) is 40.5 Å². The highest BCUT2D eigenvalue weighted by molar-refractivity contribution is 6.31. The van der Waals surface area contributed by atoms with E-state index < -0.39 is 6.09 Å². The first-order valence-corrected chi connectivity index (χ1v) is 9.96. The summed E-state index contributed by atoms with van der Waals surface area (Å²) in [5.74, 6) is 6.52. The smallest absolute Gasteiger partial charge is 0.407 e. The Bertz CT molecular complexity index is 1100. The number of hydrogen-bond donors (Lipinski definition) is 1. The molecule has 4 rings (SSSR count). The SMILES string of the molecule is COc1ccc(C#CCNC(=O)OCC2c3ccccc3-c3ccccc32)c(Cl)c1. The molecule has 0 heterocycles. The van der Waals surface area contributed by atoms with Crippen LogP contribution in [0.3, 0.4) is 0 Å². The van der Waals surface area contributed by atoms with Crippen LogP contribution in [0.5, 0.6) is 5.75 Å². The number of alkyl carbamates (subject to hydrolysis) is 1. The van der Waals surface area contributed by atoms with Gasteiger partial charge in [-0.3, -0.25) is 0 Å². The molecule has 0 saturated heterocycles. The molecule has 3 aromatic rings. The summed E-state index contributed by atoms with van der Waals surface area (Å²) < 4.78 is 10.6. The van der Waals surface area contributed by atoms with Crippen molar-refractivity contribution in [3.63, 3.8) is 0 Å². The molecule has 0 bridgehead atoms. The summed E-state index contributed by atoms with van der Waals surface area (Å²) in [4.78, 5) is 12.1. The number of methoxy groups -OCH3 is 1. The Morgan fingerprint density at radius 1 is 1.03 bits per heavy atom. The van der Waals surface area contributed by atoms with E-state index in [0.717, 1.165) is 0 Å². The van der Waals surface area contributed by atoms with E-state index in [1.165, 1.54) is 22.3 Å². The molecule has 0 atom stereocenters. The topological polar surface area (TPSA) is 47.6 Å². The Morgan fingerprint density at radius 2 is 1.70 bits per heavy atom. The lowest BCUT2D eigenvalue weighted by Gasteiger charge is -2.14. The first-order chi connectivity index (χ1) is 14.7. The van der Waals surface area contributed by atoms with Crippen LogP contribution in [-0.4, -0.2) is 26.4 Å². The lowest BCUT2D eigenvalue weighted by Crippen LogP contribution is -2.26. The van der Waals surface area contributed by atoms with Gasteiger partial charge < -0.3 is 14.8 Å². The summed E-state index contributed by atoms with van der Waals surface area (Å²) >= 11 is 6.16. The van der Waals surface area contributed by atoms with E-state index >= 15 is 0 Å². The molecule has 0 spiro atoms. The van der Waals surface area contributed by atoms with E-state index in [0.29, 0.717) is 16.3 Å². The third-order valence-corrected chi connectivity index (χ3v) is 5.38. The minimum atomic E-state index is -0.494. The molecule has 30 heavy (non-hydrogen) atoms. The average Bonchev–Trinajstić information content (AvgIpc) is 3.10. The zero-order valence-corrected chi connectivity index (χ0v) is 17.2. The fraction of sp³-hybridized carbons (Fsp3) is 0.160. The molecule has 1 aliphatic carbocycles. The van der Waals surface area contributed by atoms with E-state index in [2.05, 4.69) is 41.4 Å². The van der Waals surface area contributed by atoms with E-state index in [4.69, 9.17) is 21.1 Å². The van der Waals surface area contributed by atoms with Crippen LogP contribution >= 0.6 is 11.6 Å². The first-order valence-electron chi connectivity index (χ1n) is 9.58. The van der Waals surface area contributed by atoms with E-state index in [-0.39, 0.29) is 19.1 Å². The molecule has 0 aromatic heterocycles. The van der Waals surface area contributed by atoms with E-state index in [1.807, 2.05) is 24.3 Å². The standard InChI is InChI=1S/C25H20ClNO3/c1-29-18-13-12-17(24(26)15-18)7-6-14-27-25(28)30-16-23-21-10-4-2-8-19(21)20-9-3-5-11-22(20)23/h2-5,8-13,15,23H,14,16H2,1H3,(H,27,28). The second-order valence-corrected chi connectivity index (χ2v) is 7.23. The summed E-state index contributed by atoms with van der Waals surface area (Å²) in [6.07, 6.45) is -0.494. The maximum absolute atomic E-state index is 12.1. The summed E-state index contributed by atoms with van der Waals surface area (Å²) in [5, 5.41) is 3.17. The highest BCUT2D eigenvalue weighted by atomic mass is 35.5. The number of rotatable bonds is 4. The van der Waals surface area contributed by atoms with Gasteiger partial charge in [0.1, 0.15) is 12.4 Å². The molecule has 150 valence electrons. The summed E-state index contributed by atoms with van der Waals surface area (Å²) in [6, 6.07) is 21.7. The lowest BCUT2D eigenvalue weighted by atomic mass is 9.98. The molecule has 1 amide bonds. The van der Waals surface area contributed by atoms with Gasteiger partial charge in [-0.2, -0.15) is 0 Å². The molecule has 4 nitrogen and oxygen atoms in total. The Morgan fingerprint density at radius 3 is 2.33 bits per heavy atom. The highest BCUT2D eigenvalue weighted by Gasteiger charge is 2.28. The van der Waals surface area contributed by atoms with Gasteiger partial charge in [-0.25, -0.2) is 4.79 Å². The van der Waals surface area contributed by atoms with Gasteiger partial charge in [0.15, 0.2) is 0 Å². The number of amides is 1. The lowest BCUT2D eigenvalue weighted by molar-refractivity contribution is 0.144. The van der Waals surface area contributed by atoms with Crippen LogP contribution in [0.2, 0.25) is 5.02 Å². The molecule has 3 aromatic carbocycles. The number of nitrogens with one attached hydrogen (secondary N) is 1. The van der Waals surface area contributed by atoms with E-state index in [1.54, 1.807) is 25.3 Å².